The Bertz CT molecular complexity index is 462. The minimum Gasteiger partial charge on any atom is -0.332 e. The Hall–Kier alpha value is -1.31. The molecule has 0 fully saturated rings. The van der Waals surface area contributed by atoms with Gasteiger partial charge in [0.05, 0.1) is 0 Å². The van der Waals surface area contributed by atoms with Crippen LogP contribution in [-0.4, -0.2) is 9.55 Å². The Morgan fingerprint density at radius 2 is 1.93 bits per heavy atom. The molecule has 2 rings (SSSR count). The number of hydrogen-bond acceptors (Lipinski definition) is 1. The van der Waals surface area contributed by atoms with Gasteiger partial charge >= 0.3 is 0 Å². The normalized spacial score (nSPS) is 12.3. The van der Waals surface area contributed by atoms with Gasteiger partial charge in [-0.05, 0) is 24.6 Å². The number of hydrogen-bond donors (Lipinski definition) is 0. The second kappa shape index (κ2) is 3.09. The van der Waals surface area contributed by atoms with Crippen LogP contribution in [0.15, 0.2) is 18.3 Å². The standard InChI is InChI=1S/C13H18N2/c1-9-10-7-6-8-14-12(10)15(5)11(9)13(2,3)4/h6-8H,1-5H3. The van der Waals surface area contributed by atoms with Crippen molar-refractivity contribution in [2.75, 3.05) is 0 Å². The highest BCUT2D eigenvalue weighted by atomic mass is 15.0. The number of pyridine rings is 1. The molecular formula is C13H18N2. The summed E-state index contributed by atoms with van der Waals surface area (Å²) in [5.41, 5.74) is 3.98. The van der Waals surface area contributed by atoms with E-state index in [1.54, 1.807) is 0 Å². The molecule has 2 aromatic rings. The van der Waals surface area contributed by atoms with Gasteiger partial charge in [0.15, 0.2) is 0 Å². The van der Waals surface area contributed by atoms with Gasteiger partial charge in [-0.2, -0.15) is 0 Å². The van der Waals surface area contributed by atoms with Gasteiger partial charge in [0.2, 0.25) is 0 Å². The van der Waals surface area contributed by atoms with Crippen LogP contribution in [0.2, 0.25) is 0 Å². The zero-order valence-electron chi connectivity index (χ0n) is 10.1. The van der Waals surface area contributed by atoms with Crippen LogP contribution >= 0.6 is 0 Å². The van der Waals surface area contributed by atoms with Crippen molar-refractivity contribution in [2.45, 2.75) is 33.1 Å². The van der Waals surface area contributed by atoms with Crippen LogP contribution < -0.4 is 0 Å². The third kappa shape index (κ3) is 1.44. The molecule has 2 heterocycles. The van der Waals surface area contributed by atoms with Crippen molar-refractivity contribution < 1.29 is 0 Å². The van der Waals surface area contributed by atoms with Crippen molar-refractivity contribution in [3.8, 4) is 0 Å². The molecule has 2 aromatic heterocycles. The number of rotatable bonds is 0. The van der Waals surface area contributed by atoms with Gasteiger partial charge in [0.1, 0.15) is 5.65 Å². The Labute approximate surface area is 90.9 Å². The third-order valence-corrected chi connectivity index (χ3v) is 2.91. The van der Waals surface area contributed by atoms with Gasteiger partial charge in [0, 0.05) is 29.7 Å². The van der Waals surface area contributed by atoms with Gasteiger partial charge in [-0.3, -0.25) is 0 Å². The average molecular weight is 202 g/mol. The number of aryl methyl sites for hydroxylation is 2. The van der Waals surface area contributed by atoms with E-state index in [9.17, 15) is 0 Å². The quantitative estimate of drug-likeness (QED) is 0.641. The molecule has 0 spiro atoms. The maximum absolute atomic E-state index is 4.44. The van der Waals surface area contributed by atoms with E-state index < -0.39 is 0 Å². The average Bonchev–Trinajstić information content (AvgIpc) is 2.39. The molecule has 0 aliphatic carbocycles. The lowest BCUT2D eigenvalue weighted by atomic mass is 9.89. The zero-order chi connectivity index (χ0) is 11.2. The van der Waals surface area contributed by atoms with E-state index in [1.165, 1.54) is 16.6 Å². The van der Waals surface area contributed by atoms with Crippen LogP contribution in [0, 0.1) is 6.92 Å². The second-order valence-corrected chi connectivity index (χ2v) is 5.16. The van der Waals surface area contributed by atoms with Gasteiger partial charge < -0.3 is 4.57 Å². The first-order valence-electron chi connectivity index (χ1n) is 5.33. The molecule has 0 radical (unpaired) electrons. The van der Waals surface area contributed by atoms with Crippen LogP contribution in [0.3, 0.4) is 0 Å². The minimum absolute atomic E-state index is 0.166. The molecule has 0 saturated heterocycles. The van der Waals surface area contributed by atoms with Crippen molar-refractivity contribution in [3.63, 3.8) is 0 Å². The highest BCUT2D eigenvalue weighted by molar-refractivity contribution is 5.82. The van der Waals surface area contributed by atoms with Gasteiger partial charge in [-0.1, -0.05) is 20.8 Å². The second-order valence-electron chi connectivity index (χ2n) is 5.16. The van der Waals surface area contributed by atoms with Crippen molar-refractivity contribution in [1.29, 1.82) is 0 Å². The fourth-order valence-electron chi connectivity index (χ4n) is 2.51. The summed E-state index contributed by atoms with van der Waals surface area (Å²) in [7, 11) is 2.10. The predicted octanol–water partition coefficient (Wildman–Crippen LogP) is 3.18. The zero-order valence-corrected chi connectivity index (χ0v) is 10.1. The Morgan fingerprint density at radius 1 is 1.27 bits per heavy atom. The SMILES string of the molecule is Cc1c(C(C)(C)C)n(C)c2ncccc12. The molecule has 0 aliphatic heterocycles. The first kappa shape index (κ1) is 10.2. The van der Waals surface area contributed by atoms with Crippen molar-refractivity contribution in [2.24, 2.45) is 7.05 Å². The van der Waals surface area contributed by atoms with Gasteiger partial charge in [0.25, 0.3) is 0 Å². The highest BCUT2D eigenvalue weighted by Crippen LogP contribution is 2.31. The summed E-state index contributed by atoms with van der Waals surface area (Å²) in [5, 5.41) is 1.27. The maximum Gasteiger partial charge on any atom is 0.140 e. The Kier molecular flexibility index (Phi) is 2.10. The largest absolute Gasteiger partial charge is 0.332 e. The minimum atomic E-state index is 0.166. The summed E-state index contributed by atoms with van der Waals surface area (Å²) in [6, 6.07) is 4.15. The summed E-state index contributed by atoms with van der Waals surface area (Å²) < 4.78 is 2.21. The maximum atomic E-state index is 4.44. The molecular weight excluding hydrogens is 184 g/mol. The van der Waals surface area contributed by atoms with E-state index in [4.69, 9.17) is 0 Å². The Morgan fingerprint density at radius 3 is 2.47 bits per heavy atom. The van der Waals surface area contributed by atoms with Gasteiger partial charge in [-0.15, -0.1) is 0 Å². The molecule has 15 heavy (non-hydrogen) atoms. The molecule has 0 N–H and O–H groups in total. The summed E-state index contributed by atoms with van der Waals surface area (Å²) in [4.78, 5) is 4.44. The Balaban J connectivity index is 2.87. The smallest absolute Gasteiger partial charge is 0.140 e. The lowest BCUT2D eigenvalue weighted by molar-refractivity contribution is 0.542. The molecule has 80 valence electrons. The molecule has 0 unspecified atom stereocenters. The van der Waals surface area contributed by atoms with Gasteiger partial charge in [-0.25, -0.2) is 4.98 Å². The lowest BCUT2D eigenvalue weighted by Crippen LogP contribution is -2.17. The van der Waals surface area contributed by atoms with Crippen LogP contribution in [-0.2, 0) is 12.5 Å². The molecule has 0 amide bonds. The van der Waals surface area contributed by atoms with Crippen molar-refractivity contribution in [1.82, 2.24) is 9.55 Å². The topological polar surface area (TPSA) is 17.8 Å². The number of nitrogens with zero attached hydrogens (tertiary/aromatic N) is 2. The fourth-order valence-corrected chi connectivity index (χ4v) is 2.51. The summed E-state index contributed by atoms with van der Waals surface area (Å²) >= 11 is 0. The van der Waals surface area contributed by atoms with Crippen molar-refractivity contribution >= 4 is 11.0 Å². The monoisotopic (exact) mass is 202 g/mol. The summed E-state index contributed by atoms with van der Waals surface area (Å²) in [6.45, 7) is 8.92. The predicted molar refractivity (Wildman–Crippen MR) is 64.2 cm³/mol. The molecule has 2 heteroatoms. The highest BCUT2D eigenvalue weighted by Gasteiger charge is 2.23. The molecule has 0 saturated carbocycles. The summed E-state index contributed by atoms with van der Waals surface area (Å²) in [5.74, 6) is 0. The van der Waals surface area contributed by atoms with Crippen LogP contribution in [0.4, 0.5) is 0 Å². The molecule has 0 atom stereocenters. The first-order chi connectivity index (χ1) is 6.93. The van der Waals surface area contributed by atoms with E-state index in [1.807, 2.05) is 12.3 Å². The van der Waals surface area contributed by atoms with Crippen LogP contribution in [0.1, 0.15) is 32.0 Å². The molecule has 0 aliphatic rings. The molecule has 0 bridgehead atoms. The fraction of sp³-hybridized carbons (Fsp3) is 0.462. The number of fused-ring (bicyclic) bond motifs is 1. The van der Waals surface area contributed by atoms with E-state index in [2.05, 4.69) is 50.4 Å². The molecule has 2 nitrogen and oxygen atoms in total. The molecule has 0 aromatic carbocycles. The lowest BCUT2D eigenvalue weighted by Gasteiger charge is -2.21. The van der Waals surface area contributed by atoms with Crippen molar-refractivity contribution in [3.05, 3.63) is 29.6 Å². The third-order valence-electron chi connectivity index (χ3n) is 2.91. The van der Waals surface area contributed by atoms with E-state index >= 15 is 0 Å². The van der Waals surface area contributed by atoms with E-state index in [0.29, 0.717) is 0 Å². The van der Waals surface area contributed by atoms with Crippen LogP contribution in [0.25, 0.3) is 11.0 Å². The summed E-state index contributed by atoms with van der Waals surface area (Å²) in [6.07, 6.45) is 1.86. The van der Waals surface area contributed by atoms with Crippen LogP contribution in [0.5, 0.6) is 0 Å². The first-order valence-corrected chi connectivity index (χ1v) is 5.33. The van der Waals surface area contributed by atoms with E-state index in [-0.39, 0.29) is 5.41 Å². The number of aromatic nitrogens is 2. The van der Waals surface area contributed by atoms with E-state index in [0.717, 1.165) is 5.65 Å².